The van der Waals surface area contributed by atoms with E-state index in [4.69, 9.17) is 4.74 Å². The van der Waals surface area contributed by atoms with E-state index >= 15 is 0 Å². The Bertz CT molecular complexity index is 1380. The Morgan fingerprint density at radius 2 is 2.00 bits per heavy atom. The van der Waals surface area contributed by atoms with E-state index in [-0.39, 0.29) is 23.2 Å². The monoisotopic (exact) mass is 458 g/mol. The maximum atomic E-state index is 13.1. The number of nitrogens with zero attached hydrogens (tertiary/aromatic N) is 4. The van der Waals surface area contributed by atoms with E-state index in [1.54, 1.807) is 16.8 Å². The highest BCUT2D eigenvalue weighted by Crippen LogP contribution is 2.51. The third-order valence-electron chi connectivity index (χ3n) is 6.51. The standard InChI is InChI=1S/C24H18N4O4S/c29-24(14-5-7-15(8-6-14)28(30)31)32-23-18(9-10-20-21(23)26-13-33-20)22-17-4-2-1-3-16(17)19-11-25-12-27(19)22/h1-8,11-13,18,22-23H,9-10H2. The number of imidazole rings is 1. The van der Waals surface area contributed by atoms with Crippen molar-refractivity contribution in [1.82, 2.24) is 14.5 Å². The van der Waals surface area contributed by atoms with Crippen molar-refractivity contribution < 1.29 is 14.5 Å². The fourth-order valence-corrected chi connectivity index (χ4v) is 5.85. The van der Waals surface area contributed by atoms with Gasteiger partial charge in [-0.15, -0.1) is 11.3 Å². The second-order valence-electron chi connectivity index (χ2n) is 8.21. The molecule has 2 aromatic carbocycles. The summed E-state index contributed by atoms with van der Waals surface area (Å²) in [4.78, 5) is 33.6. The summed E-state index contributed by atoms with van der Waals surface area (Å²) in [5, 5.41) is 11.0. The first-order valence-electron chi connectivity index (χ1n) is 10.6. The van der Waals surface area contributed by atoms with E-state index in [0.717, 1.165) is 34.7 Å². The molecular formula is C24H18N4O4S. The fourth-order valence-electron chi connectivity index (χ4n) is 5.03. The van der Waals surface area contributed by atoms with Gasteiger partial charge in [-0.25, -0.2) is 14.8 Å². The molecule has 3 unspecified atom stereocenters. The smallest absolute Gasteiger partial charge is 0.338 e. The molecule has 3 atom stereocenters. The number of rotatable bonds is 4. The van der Waals surface area contributed by atoms with E-state index in [0.29, 0.717) is 0 Å². The Labute approximate surface area is 192 Å². The van der Waals surface area contributed by atoms with Crippen molar-refractivity contribution in [2.24, 2.45) is 5.92 Å². The Morgan fingerprint density at radius 3 is 2.82 bits per heavy atom. The number of hydrogen-bond donors (Lipinski definition) is 0. The highest BCUT2D eigenvalue weighted by molar-refractivity contribution is 7.09. The van der Waals surface area contributed by atoms with Crippen LogP contribution in [0.1, 0.15) is 45.1 Å². The lowest BCUT2D eigenvalue weighted by Gasteiger charge is -2.35. The van der Waals surface area contributed by atoms with Crippen LogP contribution < -0.4 is 0 Å². The minimum Gasteiger partial charge on any atom is -0.452 e. The number of nitro groups is 1. The first-order chi connectivity index (χ1) is 16.1. The van der Waals surface area contributed by atoms with E-state index < -0.39 is 17.0 Å². The first-order valence-corrected chi connectivity index (χ1v) is 11.5. The van der Waals surface area contributed by atoms with Crippen LogP contribution in [0.5, 0.6) is 0 Å². The van der Waals surface area contributed by atoms with Crippen LogP contribution in [-0.4, -0.2) is 25.4 Å². The lowest BCUT2D eigenvalue weighted by molar-refractivity contribution is -0.384. The van der Waals surface area contributed by atoms with Gasteiger partial charge < -0.3 is 9.30 Å². The van der Waals surface area contributed by atoms with Crippen LogP contribution in [0.4, 0.5) is 5.69 Å². The van der Waals surface area contributed by atoms with Crippen LogP contribution in [-0.2, 0) is 11.2 Å². The van der Waals surface area contributed by atoms with Gasteiger partial charge in [0.25, 0.3) is 5.69 Å². The van der Waals surface area contributed by atoms with Crippen LogP contribution in [0.25, 0.3) is 11.3 Å². The summed E-state index contributed by atoms with van der Waals surface area (Å²) in [6.07, 6.45) is 4.89. The summed E-state index contributed by atoms with van der Waals surface area (Å²) in [5.41, 5.74) is 6.19. The SMILES string of the molecule is O=C(OC1c2ncsc2CCC1C1c2ccccc2-c2cncn21)c1ccc([N+](=O)[O-])cc1. The number of esters is 1. The molecule has 3 heterocycles. The van der Waals surface area contributed by atoms with Gasteiger partial charge in [-0.3, -0.25) is 10.1 Å². The number of non-ortho nitro benzene ring substituents is 1. The number of carbonyl (C=O) groups is 1. The molecule has 0 fully saturated rings. The van der Waals surface area contributed by atoms with Gasteiger partial charge in [0.15, 0.2) is 6.10 Å². The molecule has 9 heteroatoms. The predicted octanol–water partition coefficient (Wildman–Crippen LogP) is 4.98. The van der Waals surface area contributed by atoms with Crippen molar-refractivity contribution in [2.75, 3.05) is 0 Å². The van der Waals surface area contributed by atoms with Crippen molar-refractivity contribution in [3.63, 3.8) is 0 Å². The Kier molecular flexibility index (Phi) is 4.58. The maximum absolute atomic E-state index is 13.1. The second-order valence-corrected chi connectivity index (χ2v) is 9.15. The molecule has 33 heavy (non-hydrogen) atoms. The zero-order chi connectivity index (χ0) is 22.5. The average molecular weight is 458 g/mol. The van der Waals surface area contributed by atoms with Gasteiger partial charge >= 0.3 is 5.97 Å². The molecular weight excluding hydrogens is 440 g/mol. The number of aromatic nitrogens is 3. The normalized spacial score (nSPS) is 20.5. The van der Waals surface area contributed by atoms with Crippen molar-refractivity contribution in [3.8, 4) is 11.3 Å². The Balaban J connectivity index is 1.38. The summed E-state index contributed by atoms with van der Waals surface area (Å²) in [5.74, 6) is -0.545. The van der Waals surface area contributed by atoms with E-state index in [2.05, 4.69) is 26.7 Å². The number of thiazole rings is 1. The van der Waals surface area contributed by atoms with Crippen LogP contribution in [0.15, 0.2) is 66.6 Å². The van der Waals surface area contributed by atoms with Crippen LogP contribution in [0.3, 0.4) is 0 Å². The number of ether oxygens (including phenoxy) is 1. The second kappa shape index (κ2) is 7.63. The fraction of sp³-hybridized carbons (Fsp3) is 0.208. The van der Waals surface area contributed by atoms with E-state index in [1.165, 1.54) is 29.8 Å². The Morgan fingerprint density at radius 1 is 1.18 bits per heavy atom. The number of nitro benzene ring substituents is 1. The molecule has 0 saturated carbocycles. The molecule has 0 bridgehead atoms. The molecule has 0 spiro atoms. The maximum Gasteiger partial charge on any atom is 0.338 e. The zero-order valence-corrected chi connectivity index (χ0v) is 18.1. The number of carbonyl (C=O) groups excluding carboxylic acids is 1. The van der Waals surface area contributed by atoms with Crippen molar-refractivity contribution in [3.05, 3.63) is 98.4 Å². The minimum atomic E-state index is -0.533. The molecule has 2 aliphatic rings. The molecule has 0 saturated heterocycles. The summed E-state index contributed by atoms with van der Waals surface area (Å²) >= 11 is 1.58. The quantitative estimate of drug-likeness (QED) is 0.243. The lowest BCUT2D eigenvalue weighted by atomic mass is 9.80. The van der Waals surface area contributed by atoms with Crippen LogP contribution >= 0.6 is 11.3 Å². The number of aryl methyl sites for hydroxylation is 1. The number of fused-ring (bicyclic) bond motifs is 4. The third kappa shape index (κ3) is 3.15. The summed E-state index contributed by atoms with van der Waals surface area (Å²) in [6, 6.07) is 13.7. The molecule has 2 aromatic heterocycles. The van der Waals surface area contributed by atoms with Gasteiger partial charge in [0, 0.05) is 28.5 Å². The first kappa shape index (κ1) is 19.8. The molecule has 0 amide bonds. The predicted molar refractivity (Wildman–Crippen MR) is 121 cm³/mol. The number of hydrogen-bond acceptors (Lipinski definition) is 7. The molecule has 1 aliphatic heterocycles. The molecule has 0 N–H and O–H groups in total. The molecule has 0 radical (unpaired) electrons. The van der Waals surface area contributed by atoms with Crippen molar-refractivity contribution in [2.45, 2.75) is 25.0 Å². The molecule has 6 rings (SSSR count). The molecule has 4 aromatic rings. The molecule has 1 aliphatic carbocycles. The summed E-state index contributed by atoms with van der Waals surface area (Å²) < 4.78 is 8.26. The van der Waals surface area contributed by atoms with Crippen LogP contribution in [0, 0.1) is 16.0 Å². The van der Waals surface area contributed by atoms with Crippen molar-refractivity contribution >= 4 is 23.0 Å². The van der Waals surface area contributed by atoms with E-state index in [1.807, 2.05) is 24.7 Å². The lowest BCUT2D eigenvalue weighted by Crippen LogP contribution is -2.31. The highest BCUT2D eigenvalue weighted by atomic mass is 32.1. The van der Waals surface area contributed by atoms with Gasteiger partial charge in [-0.2, -0.15) is 0 Å². The summed E-state index contributed by atoms with van der Waals surface area (Å²) in [7, 11) is 0. The summed E-state index contributed by atoms with van der Waals surface area (Å²) in [6.45, 7) is 0. The highest BCUT2D eigenvalue weighted by Gasteiger charge is 2.44. The van der Waals surface area contributed by atoms with Crippen LogP contribution in [0.2, 0.25) is 0 Å². The average Bonchev–Trinajstić information content (AvgIpc) is 3.56. The van der Waals surface area contributed by atoms with Crippen molar-refractivity contribution in [1.29, 1.82) is 0 Å². The molecule has 8 nitrogen and oxygen atoms in total. The Hall–Kier alpha value is -3.85. The van der Waals surface area contributed by atoms with Gasteiger partial charge in [-0.1, -0.05) is 24.3 Å². The largest absolute Gasteiger partial charge is 0.452 e. The minimum absolute atomic E-state index is 0.0248. The van der Waals surface area contributed by atoms with Gasteiger partial charge in [0.1, 0.15) is 0 Å². The zero-order valence-electron chi connectivity index (χ0n) is 17.3. The van der Waals surface area contributed by atoms with Gasteiger partial charge in [0.2, 0.25) is 0 Å². The third-order valence-corrected chi connectivity index (χ3v) is 7.42. The van der Waals surface area contributed by atoms with Gasteiger partial charge in [-0.05, 0) is 30.5 Å². The topological polar surface area (TPSA) is 100 Å². The number of benzene rings is 2. The van der Waals surface area contributed by atoms with E-state index in [9.17, 15) is 14.9 Å². The molecule has 164 valence electrons. The van der Waals surface area contributed by atoms with Gasteiger partial charge in [0.05, 0.1) is 46.0 Å².